The number of hydrogen-bond donors (Lipinski definition) is 2. The van der Waals surface area contributed by atoms with Crippen LogP contribution in [0.15, 0.2) is 24.3 Å². The minimum absolute atomic E-state index is 0.0327. The summed E-state index contributed by atoms with van der Waals surface area (Å²) in [5.74, 6) is -0.475. The lowest BCUT2D eigenvalue weighted by Gasteiger charge is -2.46. The molecule has 1 aromatic carbocycles. The van der Waals surface area contributed by atoms with Crippen LogP contribution in [0, 0.1) is 19.7 Å². The van der Waals surface area contributed by atoms with E-state index in [0.29, 0.717) is 15.4 Å². The number of alkyl halides is 1. The Morgan fingerprint density at radius 1 is 1.31 bits per heavy atom. The summed E-state index contributed by atoms with van der Waals surface area (Å²) in [5.41, 5.74) is 6.99. The maximum Gasteiger partial charge on any atom is 0.161 e. The molecule has 0 saturated carbocycles. The van der Waals surface area contributed by atoms with Gasteiger partial charge >= 0.3 is 0 Å². The molecule has 3 N–H and O–H groups in total. The molecule has 8 heteroatoms. The molecule has 0 spiro atoms. The van der Waals surface area contributed by atoms with Crippen LogP contribution in [0.5, 0.6) is 0 Å². The molecule has 0 amide bonds. The first-order chi connectivity index (χ1) is 12.3. The lowest BCUT2D eigenvalue weighted by molar-refractivity contribution is -0.128. The Labute approximate surface area is 153 Å². The largest absolute Gasteiger partial charge is 0.397 e. The van der Waals surface area contributed by atoms with Crippen molar-refractivity contribution >= 4 is 27.2 Å². The second kappa shape index (κ2) is 5.94. The summed E-state index contributed by atoms with van der Waals surface area (Å²) in [4.78, 5) is 2.75. The van der Waals surface area contributed by atoms with E-state index in [1.165, 1.54) is 29.5 Å². The van der Waals surface area contributed by atoms with Gasteiger partial charge < -0.3 is 10.8 Å². The standard InChI is InChI=1S/C18H18F2N4OS/c1-9-10(2)22-23-16-13(9)14(21)15(26-16)17(25)24-7-18(20,8-24)11-4-3-5-12(19)6-11/h3-6,17,25H,7-8,21H2,1-2H3. The fourth-order valence-corrected chi connectivity index (χ4v) is 4.46. The molecular formula is C18H18F2N4OS. The van der Waals surface area contributed by atoms with Crippen LogP contribution < -0.4 is 5.73 Å². The molecule has 1 atom stereocenters. The Hall–Kier alpha value is -2.16. The number of fused-ring (bicyclic) bond motifs is 1. The van der Waals surface area contributed by atoms with Gasteiger partial charge in [-0.25, -0.2) is 8.78 Å². The van der Waals surface area contributed by atoms with Crippen LogP contribution in [0.3, 0.4) is 0 Å². The van der Waals surface area contributed by atoms with Crippen LogP contribution in [0.2, 0.25) is 0 Å². The van der Waals surface area contributed by atoms with Gasteiger partial charge in [0.05, 0.1) is 16.3 Å². The smallest absolute Gasteiger partial charge is 0.161 e. The molecule has 0 aliphatic carbocycles. The van der Waals surface area contributed by atoms with Gasteiger partial charge in [0, 0.05) is 18.5 Å². The van der Waals surface area contributed by atoms with E-state index in [2.05, 4.69) is 10.2 Å². The number of hydrogen-bond acceptors (Lipinski definition) is 6. The quantitative estimate of drug-likeness (QED) is 0.734. The van der Waals surface area contributed by atoms with Crippen LogP contribution in [0.1, 0.15) is 27.9 Å². The molecule has 3 aromatic rings. The summed E-state index contributed by atoms with van der Waals surface area (Å²) in [6.45, 7) is 3.69. The van der Waals surface area contributed by atoms with Crippen molar-refractivity contribution < 1.29 is 13.9 Å². The summed E-state index contributed by atoms with van der Waals surface area (Å²) < 4.78 is 28.4. The van der Waals surface area contributed by atoms with Gasteiger partial charge in [-0.1, -0.05) is 12.1 Å². The molecular weight excluding hydrogens is 358 g/mol. The van der Waals surface area contributed by atoms with Gasteiger partial charge in [-0.15, -0.1) is 16.4 Å². The Morgan fingerprint density at radius 3 is 2.73 bits per heavy atom. The van der Waals surface area contributed by atoms with Crippen LogP contribution >= 0.6 is 11.3 Å². The van der Waals surface area contributed by atoms with Crippen molar-refractivity contribution in [1.29, 1.82) is 0 Å². The van der Waals surface area contributed by atoms with Crippen LogP contribution in [-0.2, 0) is 5.67 Å². The van der Waals surface area contributed by atoms with Gasteiger partial charge in [0.1, 0.15) is 16.9 Å². The van der Waals surface area contributed by atoms with E-state index in [-0.39, 0.29) is 18.7 Å². The molecule has 1 unspecified atom stereocenters. The van der Waals surface area contributed by atoms with Gasteiger partial charge in [0.25, 0.3) is 0 Å². The average Bonchev–Trinajstić information content (AvgIpc) is 2.92. The minimum Gasteiger partial charge on any atom is -0.397 e. The first kappa shape index (κ1) is 17.3. The molecule has 1 fully saturated rings. The zero-order chi connectivity index (χ0) is 18.6. The second-order valence-electron chi connectivity index (χ2n) is 6.72. The highest BCUT2D eigenvalue weighted by molar-refractivity contribution is 7.19. The van der Waals surface area contributed by atoms with Gasteiger partial charge in [-0.2, -0.15) is 5.10 Å². The van der Waals surface area contributed by atoms with Gasteiger partial charge in [0.2, 0.25) is 0 Å². The first-order valence-corrected chi connectivity index (χ1v) is 9.00. The third kappa shape index (κ3) is 2.56. The number of nitrogen functional groups attached to an aromatic ring is 1. The number of aromatic nitrogens is 2. The van der Waals surface area contributed by atoms with Gasteiger partial charge in [-0.05, 0) is 37.1 Å². The van der Waals surface area contributed by atoms with E-state index in [1.54, 1.807) is 11.0 Å². The lowest BCUT2D eigenvalue weighted by Crippen LogP contribution is -2.57. The Bertz CT molecular complexity index is 1000. The fourth-order valence-electron chi connectivity index (χ4n) is 3.34. The fraction of sp³-hybridized carbons (Fsp3) is 0.333. The number of likely N-dealkylation sites (tertiary alicyclic amines) is 1. The molecule has 3 heterocycles. The molecule has 2 aromatic heterocycles. The van der Waals surface area contributed by atoms with Crippen molar-refractivity contribution in [2.75, 3.05) is 18.8 Å². The van der Waals surface area contributed by atoms with Crippen molar-refractivity contribution in [2.24, 2.45) is 0 Å². The molecule has 136 valence electrons. The zero-order valence-electron chi connectivity index (χ0n) is 14.3. The highest BCUT2D eigenvalue weighted by Crippen LogP contribution is 2.45. The monoisotopic (exact) mass is 376 g/mol. The van der Waals surface area contributed by atoms with Crippen molar-refractivity contribution in [3.8, 4) is 0 Å². The maximum absolute atomic E-state index is 15.0. The van der Waals surface area contributed by atoms with Crippen LogP contribution in [0.25, 0.3) is 10.2 Å². The van der Waals surface area contributed by atoms with Crippen molar-refractivity contribution in [2.45, 2.75) is 25.7 Å². The second-order valence-corrected chi connectivity index (χ2v) is 7.76. The highest BCUT2D eigenvalue weighted by atomic mass is 32.1. The Balaban J connectivity index is 1.60. The van der Waals surface area contributed by atoms with E-state index in [9.17, 15) is 13.9 Å². The van der Waals surface area contributed by atoms with E-state index < -0.39 is 17.7 Å². The Kier molecular flexibility index (Phi) is 3.94. The van der Waals surface area contributed by atoms with E-state index in [0.717, 1.165) is 16.6 Å². The summed E-state index contributed by atoms with van der Waals surface area (Å²) >= 11 is 1.26. The maximum atomic E-state index is 15.0. The van der Waals surface area contributed by atoms with Gasteiger partial charge in [0.15, 0.2) is 5.67 Å². The summed E-state index contributed by atoms with van der Waals surface area (Å²) in [6, 6.07) is 5.52. The molecule has 5 nitrogen and oxygen atoms in total. The third-order valence-electron chi connectivity index (χ3n) is 4.99. The normalized spacial score (nSPS) is 18.0. The van der Waals surface area contributed by atoms with E-state index >= 15 is 0 Å². The average molecular weight is 376 g/mol. The van der Waals surface area contributed by atoms with Gasteiger partial charge in [-0.3, -0.25) is 4.90 Å². The lowest BCUT2D eigenvalue weighted by atomic mass is 9.87. The number of nitrogens with zero attached hydrogens (tertiary/aromatic N) is 3. The number of rotatable bonds is 3. The number of nitrogens with two attached hydrogens (primary N) is 1. The minimum atomic E-state index is -1.68. The number of anilines is 1. The SMILES string of the molecule is Cc1nnc2sc(C(O)N3CC(F)(c4cccc(F)c4)C3)c(N)c2c1C. The van der Waals surface area contributed by atoms with E-state index in [1.807, 2.05) is 13.8 Å². The summed E-state index contributed by atoms with van der Waals surface area (Å²) in [6.07, 6.45) is -1.04. The zero-order valence-corrected chi connectivity index (χ0v) is 15.1. The third-order valence-corrected chi connectivity index (χ3v) is 6.12. The number of benzene rings is 1. The molecule has 26 heavy (non-hydrogen) atoms. The predicted molar refractivity (Wildman–Crippen MR) is 97.0 cm³/mol. The summed E-state index contributed by atoms with van der Waals surface area (Å²) in [7, 11) is 0. The summed E-state index contributed by atoms with van der Waals surface area (Å²) in [5, 5.41) is 19.7. The van der Waals surface area contributed by atoms with Crippen molar-refractivity contribution in [3.05, 3.63) is 51.8 Å². The van der Waals surface area contributed by atoms with E-state index in [4.69, 9.17) is 5.73 Å². The number of aliphatic hydroxyl groups excluding tert-OH is 1. The number of aryl methyl sites for hydroxylation is 2. The molecule has 1 saturated heterocycles. The van der Waals surface area contributed by atoms with Crippen LogP contribution in [-0.4, -0.2) is 33.3 Å². The number of aliphatic hydroxyl groups is 1. The highest BCUT2D eigenvalue weighted by Gasteiger charge is 2.48. The van der Waals surface area contributed by atoms with Crippen LogP contribution in [0.4, 0.5) is 14.5 Å². The number of halogens is 2. The molecule has 0 radical (unpaired) electrons. The molecule has 1 aliphatic rings. The first-order valence-electron chi connectivity index (χ1n) is 8.19. The molecule has 1 aliphatic heterocycles. The van der Waals surface area contributed by atoms with Crippen molar-refractivity contribution in [1.82, 2.24) is 15.1 Å². The topological polar surface area (TPSA) is 75.3 Å². The molecule has 0 bridgehead atoms. The number of thiophene rings is 1. The predicted octanol–water partition coefficient (Wildman–Crippen LogP) is 3.20. The van der Waals surface area contributed by atoms with Crippen molar-refractivity contribution in [3.63, 3.8) is 0 Å². The molecule has 4 rings (SSSR count). The Morgan fingerprint density at radius 2 is 2.04 bits per heavy atom.